The molecule has 1 heterocycles. The van der Waals surface area contributed by atoms with Crippen LogP contribution in [-0.2, 0) is 0 Å². The van der Waals surface area contributed by atoms with Crippen molar-refractivity contribution in [2.75, 3.05) is 19.1 Å². The van der Waals surface area contributed by atoms with Crippen molar-refractivity contribution in [3.8, 4) is 23.0 Å². The molecule has 5 rings (SSSR count). The van der Waals surface area contributed by atoms with Crippen molar-refractivity contribution < 1.29 is 20.4 Å². The molecule has 1 aliphatic heterocycles. The third kappa shape index (κ3) is 3.99. The van der Waals surface area contributed by atoms with Crippen LogP contribution < -0.4 is 19.1 Å². The molecule has 1 fully saturated rings. The second-order valence-corrected chi connectivity index (χ2v) is 23.2. The number of nitrogens with one attached hydrogen (secondary N) is 2. The van der Waals surface area contributed by atoms with Gasteiger partial charge in [0.15, 0.2) is 0 Å². The number of phenols is 4. The minimum atomic E-state index is -4.94. The van der Waals surface area contributed by atoms with Crippen LogP contribution >= 0.6 is 56.5 Å². The fraction of sp³-hybridized carbons (Fsp3) is 0. The monoisotopic (exact) mass is 632 g/mol. The van der Waals surface area contributed by atoms with Gasteiger partial charge in [-0.05, 0) is 0 Å². The van der Waals surface area contributed by atoms with Gasteiger partial charge < -0.3 is 0 Å². The second-order valence-electron chi connectivity index (χ2n) is 8.46. The first-order valence-corrected chi connectivity index (χ1v) is 19.0. The van der Waals surface area contributed by atoms with E-state index in [0.717, 1.165) is 0 Å². The number of halogens is 4. The molecule has 0 bridgehead atoms. The van der Waals surface area contributed by atoms with E-state index in [4.69, 9.17) is 45.0 Å². The van der Waals surface area contributed by atoms with Crippen molar-refractivity contribution in [2.45, 2.75) is 0 Å². The summed E-state index contributed by atoms with van der Waals surface area (Å²) in [5.41, 5.74) is 0.418. The normalized spacial score (nSPS) is 20.5. The van der Waals surface area contributed by atoms with Crippen molar-refractivity contribution in [1.29, 1.82) is 0 Å². The zero-order chi connectivity index (χ0) is 27.4. The number of benzene rings is 4. The first-order chi connectivity index (χ1) is 17.8. The number of anilines is 4. The standard InChI is InChI=1S/C24H22Cl4N4O4P2/c25-37(26,29-17-9-1-5-13-21(17)33)31(19-11-3-7-15-23(19)35)38(27,28,30-18-10-2-6-14-22(18)34)32(37)20-12-4-8-16-24(20)36/h1-16,29-30,33-36H. The minimum absolute atomic E-state index is 0.0651. The average Bonchev–Trinajstić information content (AvgIpc) is 2.84. The zero-order valence-electron chi connectivity index (χ0n) is 19.3. The number of hydrogen-bond acceptors (Lipinski definition) is 8. The van der Waals surface area contributed by atoms with Gasteiger partial charge in [0, 0.05) is 0 Å². The molecule has 0 saturated carbocycles. The van der Waals surface area contributed by atoms with E-state index in [1.165, 1.54) is 45.3 Å². The number of nitrogens with zero attached hydrogens (tertiary/aromatic N) is 2. The van der Waals surface area contributed by atoms with Gasteiger partial charge in [-0.1, -0.05) is 0 Å². The Balaban J connectivity index is 1.84. The molecule has 8 nitrogen and oxygen atoms in total. The van der Waals surface area contributed by atoms with Gasteiger partial charge >= 0.3 is 239 Å². The molecule has 6 N–H and O–H groups in total. The number of rotatable bonds is 6. The van der Waals surface area contributed by atoms with Crippen LogP contribution in [0, 0.1) is 0 Å². The fourth-order valence-electron chi connectivity index (χ4n) is 4.37. The predicted molar refractivity (Wildman–Crippen MR) is 162 cm³/mol. The van der Waals surface area contributed by atoms with Gasteiger partial charge in [-0.2, -0.15) is 0 Å². The topological polar surface area (TPSA) is 111 Å². The molecule has 0 aliphatic carbocycles. The molecule has 200 valence electrons. The number of hydrogen-bond donors (Lipinski definition) is 6. The van der Waals surface area contributed by atoms with Gasteiger partial charge in [0.1, 0.15) is 0 Å². The van der Waals surface area contributed by atoms with Crippen LogP contribution in [0.5, 0.6) is 23.0 Å². The summed E-state index contributed by atoms with van der Waals surface area (Å²) in [5.74, 6) is -10.7. The average molecular weight is 634 g/mol. The summed E-state index contributed by atoms with van der Waals surface area (Å²) in [6.07, 6.45) is 0. The van der Waals surface area contributed by atoms with E-state index in [9.17, 15) is 20.4 Å². The summed E-state index contributed by atoms with van der Waals surface area (Å²) in [6, 6.07) is 24.8. The molecule has 0 radical (unpaired) electrons. The molecule has 14 heteroatoms. The van der Waals surface area contributed by atoms with Gasteiger partial charge in [0.2, 0.25) is 0 Å². The van der Waals surface area contributed by atoms with Crippen molar-refractivity contribution >= 4 is 79.2 Å². The number of phenolic OH excluding ortho intramolecular Hbond substituents is 4. The van der Waals surface area contributed by atoms with Crippen molar-refractivity contribution in [1.82, 2.24) is 0 Å². The predicted octanol–water partition coefficient (Wildman–Crippen LogP) is 9.27. The van der Waals surface area contributed by atoms with E-state index >= 15 is 0 Å². The second kappa shape index (κ2) is 8.92. The van der Waals surface area contributed by atoms with E-state index in [2.05, 4.69) is 10.2 Å². The van der Waals surface area contributed by atoms with E-state index in [0.29, 0.717) is 0 Å². The molecule has 1 aliphatic rings. The van der Waals surface area contributed by atoms with Gasteiger partial charge in [0.25, 0.3) is 0 Å². The van der Waals surface area contributed by atoms with E-state index in [1.807, 2.05) is 0 Å². The van der Waals surface area contributed by atoms with Crippen LogP contribution in [0.4, 0.5) is 22.7 Å². The molecule has 4 aromatic carbocycles. The van der Waals surface area contributed by atoms with Gasteiger partial charge in [-0.15, -0.1) is 0 Å². The van der Waals surface area contributed by atoms with E-state index < -0.39 is 11.5 Å². The summed E-state index contributed by atoms with van der Waals surface area (Å²) >= 11 is 29.8. The SMILES string of the molecule is Oc1ccccc1NP1(Cl)(Cl)N(c2ccccc2O)P(Cl)(Cl)(Nc2ccccc2O)N1c1ccccc1O. The van der Waals surface area contributed by atoms with E-state index in [-0.39, 0.29) is 45.7 Å². The van der Waals surface area contributed by atoms with Gasteiger partial charge in [0.05, 0.1) is 0 Å². The Kier molecular flexibility index (Phi) is 6.31. The molecule has 0 amide bonds. The summed E-state index contributed by atoms with van der Waals surface area (Å²) in [4.78, 5) is 0. The molecular weight excluding hydrogens is 612 g/mol. The molecule has 4 aromatic rings. The maximum atomic E-state index is 10.9. The van der Waals surface area contributed by atoms with Crippen LogP contribution in [0.3, 0.4) is 0 Å². The number of para-hydroxylation sites is 8. The Hall–Kier alpha value is -2.70. The zero-order valence-corrected chi connectivity index (χ0v) is 24.1. The van der Waals surface area contributed by atoms with Gasteiger partial charge in [-0.25, -0.2) is 0 Å². The van der Waals surface area contributed by atoms with Crippen LogP contribution in [0.25, 0.3) is 0 Å². The molecule has 0 aromatic heterocycles. The fourth-order valence-corrected chi connectivity index (χ4v) is 28.5. The third-order valence-electron chi connectivity index (χ3n) is 5.90. The van der Waals surface area contributed by atoms with Crippen LogP contribution in [0.15, 0.2) is 97.1 Å². The summed E-state index contributed by atoms with van der Waals surface area (Å²) < 4.78 is 2.54. The summed E-state index contributed by atoms with van der Waals surface area (Å²) in [5, 5.41) is 49.1. The summed E-state index contributed by atoms with van der Waals surface area (Å²) in [7, 11) is 0. The molecular formula is C24H22Cl4N4O4P2. The Morgan fingerprint density at radius 3 is 1.05 bits per heavy atom. The molecule has 38 heavy (non-hydrogen) atoms. The van der Waals surface area contributed by atoms with Crippen molar-refractivity contribution in [3.05, 3.63) is 97.1 Å². The third-order valence-corrected chi connectivity index (χ3v) is 21.9. The Labute approximate surface area is 237 Å². The molecule has 0 atom stereocenters. The van der Waals surface area contributed by atoms with Crippen LogP contribution in [0.2, 0.25) is 0 Å². The molecule has 1 saturated heterocycles. The first-order valence-electron chi connectivity index (χ1n) is 11.1. The van der Waals surface area contributed by atoms with Crippen LogP contribution in [0.1, 0.15) is 0 Å². The van der Waals surface area contributed by atoms with Crippen LogP contribution in [-0.4, -0.2) is 20.4 Å². The van der Waals surface area contributed by atoms with E-state index in [1.54, 1.807) is 60.7 Å². The number of aromatic hydroxyl groups is 4. The quantitative estimate of drug-likeness (QED) is 0.0920. The summed E-state index contributed by atoms with van der Waals surface area (Å²) in [6.45, 7) is 0. The van der Waals surface area contributed by atoms with Crippen molar-refractivity contribution in [3.63, 3.8) is 0 Å². The molecule has 0 unspecified atom stereocenters. The Morgan fingerprint density at radius 1 is 0.447 bits per heavy atom. The molecule has 0 spiro atoms. The van der Waals surface area contributed by atoms with Crippen molar-refractivity contribution in [2.24, 2.45) is 0 Å². The maximum absolute atomic E-state index is 10.9. The Morgan fingerprint density at radius 2 is 0.737 bits per heavy atom. The Bertz CT molecular complexity index is 1430. The van der Waals surface area contributed by atoms with Gasteiger partial charge in [-0.3, -0.25) is 0 Å². The first kappa shape index (κ1) is 26.9.